The third-order valence-corrected chi connectivity index (χ3v) is 3.61. The van der Waals surface area contributed by atoms with Crippen molar-refractivity contribution in [2.24, 2.45) is 11.1 Å². The molecule has 6 heteroatoms. The first-order chi connectivity index (χ1) is 7.47. The van der Waals surface area contributed by atoms with Crippen molar-refractivity contribution in [3.8, 4) is 5.75 Å². The van der Waals surface area contributed by atoms with Crippen LogP contribution in [-0.2, 0) is 10.0 Å². The standard InChI is InChI=1S/C10H12ClNO3S/c11-9-5-8(16(12,13)14)3-4-10(9)15-6-7-1-2-7/h3-5,7H,1-2,6H2,(H2,12,13,14). The topological polar surface area (TPSA) is 69.4 Å². The third kappa shape index (κ3) is 2.87. The van der Waals surface area contributed by atoms with Gasteiger partial charge >= 0.3 is 0 Å². The smallest absolute Gasteiger partial charge is 0.238 e. The van der Waals surface area contributed by atoms with E-state index >= 15 is 0 Å². The van der Waals surface area contributed by atoms with Crippen LogP contribution in [0.3, 0.4) is 0 Å². The van der Waals surface area contributed by atoms with E-state index in [0.29, 0.717) is 18.3 Å². The molecule has 1 aliphatic carbocycles. The van der Waals surface area contributed by atoms with Gasteiger partial charge < -0.3 is 4.74 Å². The molecule has 1 aromatic carbocycles. The number of ether oxygens (including phenoxy) is 1. The number of sulfonamides is 1. The van der Waals surface area contributed by atoms with Crippen molar-refractivity contribution in [3.05, 3.63) is 23.2 Å². The van der Waals surface area contributed by atoms with Crippen molar-refractivity contribution in [1.82, 2.24) is 0 Å². The number of halogens is 1. The lowest BCUT2D eigenvalue weighted by molar-refractivity contribution is 0.300. The van der Waals surface area contributed by atoms with E-state index in [0.717, 1.165) is 0 Å². The van der Waals surface area contributed by atoms with Gasteiger partial charge in [0.25, 0.3) is 0 Å². The lowest BCUT2D eigenvalue weighted by Crippen LogP contribution is -2.12. The van der Waals surface area contributed by atoms with Crippen molar-refractivity contribution in [2.45, 2.75) is 17.7 Å². The Labute approximate surface area is 99.4 Å². The van der Waals surface area contributed by atoms with Gasteiger partial charge in [0.2, 0.25) is 10.0 Å². The highest BCUT2D eigenvalue weighted by molar-refractivity contribution is 7.89. The second kappa shape index (κ2) is 4.24. The highest BCUT2D eigenvalue weighted by Crippen LogP contribution is 2.32. The zero-order chi connectivity index (χ0) is 11.8. The van der Waals surface area contributed by atoms with Gasteiger partial charge in [-0.15, -0.1) is 0 Å². The lowest BCUT2D eigenvalue weighted by atomic mass is 10.3. The molecule has 0 radical (unpaired) electrons. The highest BCUT2D eigenvalue weighted by atomic mass is 35.5. The zero-order valence-corrected chi connectivity index (χ0v) is 10.1. The van der Waals surface area contributed by atoms with E-state index in [1.54, 1.807) is 0 Å². The minimum Gasteiger partial charge on any atom is -0.492 e. The fraction of sp³-hybridized carbons (Fsp3) is 0.400. The Kier molecular flexibility index (Phi) is 3.10. The fourth-order valence-corrected chi connectivity index (χ4v) is 2.11. The van der Waals surface area contributed by atoms with Crippen molar-refractivity contribution < 1.29 is 13.2 Å². The molecule has 88 valence electrons. The molecule has 0 bridgehead atoms. The minimum absolute atomic E-state index is 0.00345. The molecule has 0 saturated heterocycles. The van der Waals surface area contributed by atoms with Crippen molar-refractivity contribution in [3.63, 3.8) is 0 Å². The van der Waals surface area contributed by atoms with Crippen LogP contribution in [0.15, 0.2) is 23.1 Å². The Morgan fingerprint density at radius 3 is 2.62 bits per heavy atom. The average Bonchev–Trinajstić information content (AvgIpc) is 2.98. The van der Waals surface area contributed by atoms with Gasteiger partial charge in [0.1, 0.15) is 5.75 Å². The van der Waals surface area contributed by atoms with E-state index in [4.69, 9.17) is 21.5 Å². The maximum atomic E-state index is 11.1. The first-order valence-corrected chi connectivity index (χ1v) is 6.84. The molecule has 16 heavy (non-hydrogen) atoms. The number of benzene rings is 1. The summed E-state index contributed by atoms with van der Waals surface area (Å²) < 4.78 is 27.6. The fourth-order valence-electron chi connectivity index (χ4n) is 1.27. The maximum Gasteiger partial charge on any atom is 0.238 e. The number of primary sulfonamides is 1. The van der Waals surface area contributed by atoms with Crippen LogP contribution in [0.25, 0.3) is 0 Å². The van der Waals surface area contributed by atoms with Crippen LogP contribution in [0, 0.1) is 5.92 Å². The molecule has 1 fully saturated rings. The van der Waals surface area contributed by atoms with Gasteiger partial charge in [-0.1, -0.05) is 11.6 Å². The van der Waals surface area contributed by atoms with Crippen LogP contribution in [0.5, 0.6) is 5.75 Å². The Morgan fingerprint density at radius 2 is 2.12 bits per heavy atom. The predicted molar refractivity (Wildman–Crippen MR) is 61.0 cm³/mol. The number of hydrogen-bond acceptors (Lipinski definition) is 3. The van der Waals surface area contributed by atoms with E-state index in [9.17, 15) is 8.42 Å². The summed E-state index contributed by atoms with van der Waals surface area (Å²) in [6.45, 7) is 0.633. The van der Waals surface area contributed by atoms with Gasteiger partial charge in [-0.3, -0.25) is 0 Å². The van der Waals surface area contributed by atoms with Crippen LogP contribution in [0.2, 0.25) is 5.02 Å². The molecule has 1 aliphatic rings. The predicted octanol–water partition coefficient (Wildman–Crippen LogP) is 1.78. The molecule has 2 N–H and O–H groups in total. The molecular weight excluding hydrogens is 250 g/mol. The van der Waals surface area contributed by atoms with E-state index < -0.39 is 10.0 Å². The third-order valence-electron chi connectivity index (χ3n) is 2.40. The Bertz CT molecular complexity index is 497. The number of hydrogen-bond donors (Lipinski definition) is 1. The van der Waals surface area contributed by atoms with Crippen molar-refractivity contribution in [2.75, 3.05) is 6.61 Å². The monoisotopic (exact) mass is 261 g/mol. The summed E-state index contributed by atoms with van der Waals surface area (Å²) in [7, 11) is -3.70. The maximum absolute atomic E-state index is 11.1. The van der Waals surface area contributed by atoms with Gasteiger partial charge in [-0.2, -0.15) is 0 Å². The molecule has 0 aliphatic heterocycles. The van der Waals surface area contributed by atoms with Gasteiger partial charge in [0, 0.05) is 0 Å². The van der Waals surface area contributed by atoms with Crippen LogP contribution in [0.4, 0.5) is 0 Å². The molecular formula is C10H12ClNO3S. The summed E-state index contributed by atoms with van der Waals surface area (Å²) in [4.78, 5) is -0.00345. The van der Waals surface area contributed by atoms with Gasteiger partial charge in [0.05, 0.1) is 16.5 Å². The normalized spacial score (nSPS) is 16.1. The van der Waals surface area contributed by atoms with Crippen molar-refractivity contribution >= 4 is 21.6 Å². The molecule has 0 amide bonds. The first kappa shape index (κ1) is 11.7. The van der Waals surface area contributed by atoms with Crippen LogP contribution in [-0.4, -0.2) is 15.0 Å². The molecule has 0 spiro atoms. The van der Waals surface area contributed by atoms with Gasteiger partial charge in [-0.05, 0) is 37.0 Å². The van der Waals surface area contributed by atoms with Crippen LogP contribution < -0.4 is 9.88 Å². The van der Waals surface area contributed by atoms with Crippen LogP contribution >= 0.6 is 11.6 Å². The second-order valence-electron chi connectivity index (χ2n) is 3.89. The summed E-state index contributed by atoms with van der Waals surface area (Å²) in [5.41, 5.74) is 0. The Balaban J connectivity index is 2.15. The van der Waals surface area contributed by atoms with E-state index in [1.807, 2.05) is 0 Å². The van der Waals surface area contributed by atoms with E-state index in [1.165, 1.54) is 31.0 Å². The SMILES string of the molecule is NS(=O)(=O)c1ccc(OCC2CC2)c(Cl)c1. The van der Waals surface area contributed by atoms with Gasteiger partial charge in [-0.25, -0.2) is 13.6 Å². The summed E-state index contributed by atoms with van der Waals surface area (Å²) in [5.74, 6) is 1.12. The number of rotatable bonds is 4. The zero-order valence-electron chi connectivity index (χ0n) is 8.52. The van der Waals surface area contributed by atoms with E-state index in [2.05, 4.69) is 0 Å². The number of nitrogens with two attached hydrogens (primary N) is 1. The highest BCUT2D eigenvalue weighted by Gasteiger charge is 2.22. The summed E-state index contributed by atoms with van der Waals surface area (Å²) >= 11 is 5.89. The molecule has 1 saturated carbocycles. The first-order valence-electron chi connectivity index (χ1n) is 4.92. The largest absolute Gasteiger partial charge is 0.492 e. The Morgan fingerprint density at radius 1 is 1.44 bits per heavy atom. The minimum atomic E-state index is -3.70. The molecule has 2 rings (SSSR count). The molecule has 4 nitrogen and oxygen atoms in total. The summed E-state index contributed by atoms with van der Waals surface area (Å²) in [6, 6.07) is 4.23. The van der Waals surface area contributed by atoms with E-state index in [-0.39, 0.29) is 9.92 Å². The van der Waals surface area contributed by atoms with Crippen LogP contribution in [0.1, 0.15) is 12.8 Å². The van der Waals surface area contributed by atoms with Gasteiger partial charge in [0.15, 0.2) is 0 Å². The quantitative estimate of drug-likeness (QED) is 0.898. The molecule has 0 unspecified atom stereocenters. The molecule has 0 atom stereocenters. The lowest BCUT2D eigenvalue weighted by Gasteiger charge is -2.08. The van der Waals surface area contributed by atoms with Crippen molar-refractivity contribution in [1.29, 1.82) is 0 Å². The summed E-state index contributed by atoms with van der Waals surface area (Å²) in [6.07, 6.45) is 2.37. The Hall–Kier alpha value is -0.780. The molecule has 0 aromatic heterocycles. The second-order valence-corrected chi connectivity index (χ2v) is 5.86. The summed E-state index contributed by atoms with van der Waals surface area (Å²) in [5, 5.41) is 5.25. The average molecular weight is 262 g/mol. The molecule has 1 aromatic rings. The molecule has 0 heterocycles.